The second-order valence-electron chi connectivity index (χ2n) is 17.3. The third kappa shape index (κ3) is 40.4. The number of likely N-dealkylation sites (N-methyl/N-ethyl adjacent to an activating group) is 1. The number of allylic oxidation sites excluding steroid dienone is 10. The first-order valence-electron chi connectivity index (χ1n) is 24.3. The van der Waals surface area contributed by atoms with Gasteiger partial charge in [-0.2, -0.15) is 0 Å². The van der Waals surface area contributed by atoms with E-state index in [0.29, 0.717) is 12.8 Å². The summed E-state index contributed by atoms with van der Waals surface area (Å²) in [6.45, 7) is 4.43. The molecule has 0 aliphatic rings. The van der Waals surface area contributed by atoms with E-state index in [-0.39, 0.29) is 42.7 Å². The standard InChI is InChI=1S/C52H91NO7/c1-6-8-10-12-14-16-18-20-22-23-24-25-26-27-29-30-32-34-36-38-40-42-50(54)59-47-48(46-58-45-44-49(52(56)57)53(3,4)5)60-51(55)43-41-39-37-35-33-31-28-21-19-17-15-13-11-9-7-2/h8-11,13-17,19,48-49H,6-7,12,18,20-47H2,1-5H3/b10-8+,11-9+,15-13+,16-14+,19-17+. The van der Waals surface area contributed by atoms with Crippen LogP contribution in [0.5, 0.6) is 0 Å². The molecule has 0 aromatic rings. The van der Waals surface area contributed by atoms with E-state index in [2.05, 4.69) is 74.6 Å². The maximum atomic E-state index is 12.7. The topological polar surface area (TPSA) is 102 Å². The lowest BCUT2D eigenvalue weighted by Crippen LogP contribution is -2.55. The highest BCUT2D eigenvalue weighted by molar-refractivity contribution is 5.70. The Morgan fingerprint density at radius 2 is 0.967 bits per heavy atom. The van der Waals surface area contributed by atoms with Gasteiger partial charge in [0.25, 0.3) is 0 Å². The number of carboxylic acids is 1. The fourth-order valence-electron chi connectivity index (χ4n) is 6.99. The zero-order chi connectivity index (χ0) is 44.2. The van der Waals surface area contributed by atoms with Crippen LogP contribution < -0.4 is 5.11 Å². The number of quaternary nitrogens is 1. The van der Waals surface area contributed by atoms with Crippen molar-refractivity contribution in [2.75, 3.05) is 41.0 Å². The molecule has 0 aliphatic heterocycles. The normalized spacial score (nSPS) is 13.4. The SMILES string of the molecule is CC/C=C/C=C/C=C/CCCCCCCCCC(=O)OC(COCCC(C(=O)[O-])[N+](C)(C)C)COC(=O)CCCCCCCCCCCCCCCC/C=C/C/C=C/CC. The molecule has 0 radical (unpaired) electrons. The van der Waals surface area contributed by atoms with Crippen molar-refractivity contribution in [2.24, 2.45) is 0 Å². The third-order valence-electron chi connectivity index (χ3n) is 10.7. The Balaban J connectivity index is 4.24. The average Bonchev–Trinajstić information content (AvgIpc) is 3.21. The summed E-state index contributed by atoms with van der Waals surface area (Å²) in [5.74, 6) is -1.75. The maximum Gasteiger partial charge on any atom is 0.306 e. The molecule has 8 heteroatoms. The largest absolute Gasteiger partial charge is 0.544 e. The summed E-state index contributed by atoms with van der Waals surface area (Å²) in [6.07, 6.45) is 52.5. The zero-order valence-electron chi connectivity index (χ0n) is 39.4. The highest BCUT2D eigenvalue weighted by Crippen LogP contribution is 2.15. The summed E-state index contributed by atoms with van der Waals surface area (Å²) >= 11 is 0. The summed E-state index contributed by atoms with van der Waals surface area (Å²) in [7, 11) is 5.41. The van der Waals surface area contributed by atoms with Crippen LogP contribution in [0.1, 0.15) is 200 Å². The molecule has 0 heterocycles. The van der Waals surface area contributed by atoms with E-state index < -0.39 is 18.1 Å². The van der Waals surface area contributed by atoms with Crippen LogP contribution in [0, 0.1) is 0 Å². The minimum atomic E-state index is -1.13. The quantitative estimate of drug-likeness (QED) is 0.0198. The van der Waals surface area contributed by atoms with E-state index in [9.17, 15) is 19.5 Å². The molecule has 0 spiro atoms. The maximum absolute atomic E-state index is 12.7. The van der Waals surface area contributed by atoms with E-state index in [0.717, 1.165) is 70.6 Å². The van der Waals surface area contributed by atoms with Crippen LogP contribution in [-0.2, 0) is 28.6 Å². The summed E-state index contributed by atoms with van der Waals surface area (Å²) in [6, 6.07) is -0.729. The monoisotopic (exact) mass is 842 g/mol. The molecule has 0 aromatic heterocycles. The number of carbonyl (C=O) groups is 3. The molecule has 346 valence electrons. The van der Waals surface area contributed by atoms with Gasteiger partial charge in [-0.15, -0.1) is 0 Å². The van der Waals surface area contributed by atoms with Gasteiger partial charge in [-0.25, -0.2) is 0 Å². The highest BCUT2D eigenvalue weighted by Gasteiger charge is 2.25. The van der Waals surface area contributed by atoms with Crippen LogP contribution in [0.4, 0.5) is 0 Å². The number of hydrogen-bond acceptors (Lipinski definition) is 7. The molecule has 0 aromatic carbocycles. The third-order valence-corrected chi connectivity index (χ3v) is 10.7. The smallest absolute Gasteiger partial charge is 0.306 e. The lowest BCUT2D eigenvalue weighted by atomic mass is 10.0. The second kappa shape index (κ2) is 42.7. The van der Waals surface area contributed by atoms with Gasteiger partial charge in [0, 0.05) is 19.3 Å². The molecule has 60 heavy (non-hydrogen) atoms. The van der Waals surface area contributed by atoms with Crippen molar-refractivity contribution in [1.29, 1.82) is 0 Å². The van der Waals surface area contributed by atoms with Crippen molar-refractivity contribution >= 4 is 17.9 Å². The highest BCUT2D eigenvalue weighted by atomic mass is 16.6. The average molecular weight is 842 g/mol. The van der Waals surface area contributed by atoms with Gasteiger partial charge < -0.3 is 28.6 Å². The molecule has 0 aliphatic carbocycles. The molecule has 0 fully saturated rings. The van der Waals surface area contributed by atoms with Crippen molar-refractivity contribution in [1.82, 2.24) is 0 Å². The summed E-state index contributed by atoms with van der Waals surface area (Å²) in [5.41, 5.74) is 0. The number of hydrogen-bond donors (Lipinski definition) is 0. The number of unbranched alkanes of at least 4 members (excludes halogenated alkanes) is 21. The minimum absolute atomic E-state index is 0.0348. The number of carbonyl (C=O) groups excluding carboxylic acids is 3. The first kappa shape index (κ1) is 57.0. The lowest BCUT2D eigenvalue weighted by Gasteiger charge is -2.34. The van der Waals surface area contributed by atoms with Crippen molar-refractivity contribution in [3.63, 3.8) is 0 Å². The molecular weight excluding hydrogens is 751 g/mol. The van der Waals surface area contributed by atoms with E-state index in [1.165, 1.54) is 96.3 Å². The molecule has 0 saturated heterocycles. The van der Waals surface area contributed by atoms with E-state index in [4.69, 9.17) is 14.2 Å². The Bertz CT molecular complexity index is 1170. The van der Waals surface area contributed by atoms with Gasteiger partial charge in [0.05, 0.1) is 40.3 Å². The van der Waals surface area contributed by atoms with E-state index in [1.807, 2.05) is 0 Å². The first-order valence-corrected chi connectivity index (χ1v) is 24.3. The lowest BCUT2D eigenvalue weighted by molar-refractivity contribution is -0.889. The Labute approximate surface area is 368 Å². The number of nitrogens with zero attached hydrogens (tertiary/aromatic N) is 1. The number of ether oxygens (including phenoxy) is 3. The van der Waals surface area contributed by atoms with Gasteiger partial charge in [0.1, 0.15) is 12.6 Å². The Kier molecular flexibility index (Phi) is 40.6. The van der Waals surface area contributed by atoms with Crippen LogP contribution in [0.15, 0.2) is 60.8 Å². The molecule has 0 saturated carbocycles. The van der Waals surface area contributed by atoms with Gasteiger partial charge in [0.15, 0.2) is 6.10 Å². The number of carboxylic acid groups (broad SMARTS) is 1. The second-order valence-corrected chi connectivity index (χ2v) is 17.3. The number of esters is 2. The molecule has 2 unspecified atom stereocenters. The zero-order valence-corrected chi connectivity index (χ0v) is 39.4. The van der Waals surface area contributed by atoms with Gasteiger partial charge >= 0.3 is 11.9 Å². The molecule has 0 N–H and O–H groups in total. The van der Waals surface area contributed by atoms with Crippen molar-refractivity contribution < 1.29 is 38.2 Å². The Morgan fingerprint density at radius 1 is 0.517 bits per heavy atom. The predicted molar refractivity (Wildman–Crippen MR) is 249 cm³/mol. The number of rotatable bonds is 43. The molecule has 0 amide bonds. The van der Waals surface area contributed by atoms with E-state index in [1.54, 1.807) is 21.1 Å². The summed E-state index contributed by atoms with van der Waals surface area (Å²) < 4.78 is 17.2. The first-order chi connectivity index (χ1) is 29.1. The van der Waals surface area contributed by atoms with Gasteiger partial charge in [0.2, 0.25) is 0 Å². The van der Waals surface area contributed by atoms with Gasteiger partial charge in [-0.05, 0) is 57.8 Å². The van der Waals surface area contributed by atoms with Crippen LogP contribution in [0.3, 0.4) is 0 Å². The van der Waals surface area contributed by atoms with Crippen LogP contribution in [-0.4, -0.2) is 75.5 Å². The Morgan fingerprint density at radius 3 is 1.47 bits per heavy atom. The van der Waals surface area contributed by atoms with E-state index >= 15 is 0 Å². The van der Waals surface area contributed by atoms with Crippen molar-refractivity contribution in [3.8, 4) is 0 Å². The van der Waals surface area contributed by atoms with Gasteiger partial charge in [-0.1, -0.05) is 184 Å². The number of aliphatic carboxylic acids is 1. The minimum Gasteiger partial charge on any atom is -0.544 e. The summed E-state index contributed by atoms with van der Waals surface area (Å²) in [4.78, 5) is 37.0. The van der Waals surface area contributed by atoms with Gasteiger partial charge in [-0.3, -0.25) is 9.59 Å². The van der Waals surface area contributed by atoms with Crippen LogP contribution in [0.2, 0.25) is 0 Å². The molecule has 2 atom stereocenters. The van der Waals surface area contributed by atoms with Crippen LogP contribution in [0.25, 0.3) is 0 Å². The van der Waals surface area contributed by atoms with Crippen molar-refractivity contribution in [3.05, 3.63) is 60.8 Å². The predicted octanol–water partition coefficient (Wildman–Crippen LogP) is 12.4. The Hall–Kier alpha value is -2.97. The molecule has 8 nitrogen and oxygen atoms in total. The summed E-state index contributed by atoms with van der Waals surface area (Å²) in [5, 5.41) is 11.6. The fourth-order valence-corrected chi connectivity index (χ4v) is 6.99. The molecular formula is C52H91NO7. The van der Waals surface area contributed by atoms with Crippen LogP contribution >= 0.6 is 0 Å². The van der Waals surface area contributed by atoms with Crippen molar-refractivity contribution in [2.45, 2.75) is 212 Å². The molecule has 0 rings (SSSR count). The fraction of sp³-hybridized carbons (Fsp3) is 0.750. The molecule has 0 bridgehead atoms.